The van der Waals surface area contributed by atoms with Crippen LogP contribution in [0.15, 0.2) is 12.7 Å². The summed E-state index contributed by atoms with van der Waals surface area (Å²) in [5.41, 5.74) is 0. The summed E-state index contributed by atoms with van der Waals surface area (Å²) in [4.78, 5) is 12.6. The number of β-amino-alcohol motifs (C(OH)–C–C–N with tert-alkyl or cyclic N) is 1. The Bertz CT molecular complexity index is 217. The van der Waals surface area contributed by atoms with E-state index in [-0.39, 0.29) is 0 Å². The second-order valence-electron chi connectivity index (χ2n) is 3.67. The molecule has 4 heteroatoms. The van der Waals surface area contributed by atoms with Gasteiger partial charge in [0.1, 0.15) is 6.04 Å². The lowest BCUT2D eigenvalue weighted by Gasteiger charge is -2.19. The zero-order valence-corrected chi connectivity index (χ0v) is 8.22. The standard InChI is InChI=1S/C10H17NO3/c1-2-3-4-5-11-7-8(12)6-9(11)10(13)14/h2,8-9,12H,1,3-7H2,(H,13,14). The van der Waals surface area contributed by atoms with Crippen LogP contribution in [0.2, 0.25) is 0 Å². The maximum absolute atomic E-state index is 10.8. The highest BCUT2D eigenvalue weighted by atomic mass is 16.4. The van der Waals surface area contributed by atoms with E-state index in [0.29, 0.717) is 13.0 Å². The molecule has 1 heterocycles. The van der Waals surface area contributed by atoms with E-state index in [9.17, 15) is 9.90 Å². The monoisotopic (exact) mass is 199 g/mol. The van der Waals surface area contributed by atoms with E-state index in [1.165, 1.54) is 0 Å². The highest BCUT2D eigenvalue weighted by Gasteiger charge is 2.35. The highest BCUT2D eigenvalue weighted by molar-refractivity contribution is 5.74. The molecule has 0 aromatic rings. The van der Waals surface area contributed by atoms with Gasteiger partial charge in [-0.05, 0) is 19.4 Å². The minimum atomic E-state index is -0.833. The fourth-order valence-electron chi connectivity index (χ4n) is 1.82. The summed E-state index contributed by atoms with van der Waals surface area (Å²) in [6.45, 7) is 4.81. The van der Waals surface area contributed by atoms with Crippen molar-refractivity contribution in [2.45, 2.75) is 31.4 Å². The Morgan fingerprint density at radius 1 is 1.64 bits per heavy atom. The molecule has 2 unspecified atom stereocenters. The number of aliphatic carboxylic acids is 1. The van der Waals surface area contributed by atoms with Crippen LogP contribution in [0, 0.1) is 0 Å². The summed E-state index contributed by atoms with van der Waals surface area (Å²) >= 11 is 0. The first-order valence-electron chi connectivity index (χ1n) is 4.91. The number of carbonyl (C=O) groups is 1. The smallest absolute Gasteiger partial charge is 0.321 e. The van der Waals surface area contributed by atoms with Gasteiger partial charge >= 0.3 is 5.97 Å². The molecule has 1 saturated heterocycles. The van der Waals surface area contributed by atoms with Gasteiger partial charge in [0.05, 0.1) is 6.10 Å². The molecule has 0 aromatic carbocycles. The van der Waals surface area contributed by atoms with E-state index in [1.807, 2.05) is 11.0 Å². The maximum Gasteiger partial charge on any atom is 0.321 e. The SMILES string of the molecule is C=CCCCN1CC(O)CC1C(=O)O. The maximum atomic E-state index is 10.8. The number of rotatable bonds is 5. The van der Waals surface area contributed by atoms with Gasteiger partial charge in [0, 0.05) is 13.0 Å². The van der Waals surface area contributed by atoms with Crippen molar-refractivity contribution < 1.29 is 15.0 Å². The first kappa shape index (κ1) is 11.2. The largest absolute Gasteiger partial charge is 0.480 e. The minimum Gasteiger partial charge on any atom is -0.480 e. The van der Waals surface area contributed by atoms with Crippen LogP contribution in [-0.2, 0) is 4.79 Å². The first-order chi connectivity index (χ1) is 6.65. The molecule has 1 rings (SSSR count). The highest BCUT2D eigenvalue weighted by Crippen LogP contribution is 2.18. The summed E-state index contributed by atoms with van der Waals surface area (Å²) in [5, 5.41) is 18.2. The minimum absolute atomic E-state index is 0.351. The molecule has 4 nitrogen and oxygen atoms in total. The predicted molar refractivity (Wildman–Crippen MR) is 53.1 cm³/mol. The average Bonchev–Trinajstić information content (AvgIpc) is 2.47. The van der Waals surface area contributed by atoms with Crippen molar-refractivity contribution in [1.82, 2.24) is 4.90 Å². The lowest BCUT2D eigenvalue weighted by Crippen LogP contribution is -2.36. The van der Waals surface area contributed by atoms with Gasteiger partial charge in [0.15, 0.2) is 0 Å². The van der Waals surface area contributed by atoms with Gasteiger partial charge in [-0.2, -0.15) is 0 Å². The number of hydrogen-bond donors (Lipinski definition) is 2. The first-order valence-corrected chi connectivity index (χ1v) is 4.91. The molecule has 1 aliphatic rings. The fraction of sp³-hybridized carbons (Fsp3) is 0.700. The van der Waals surface area contributed by atoms with E-state index >= 15 is 0 Å². The van der Waals surface area contributed by atoms with E-state index in [4.69, 9.17) is 5.11 Å². The van der Waals surface area contributed by atoms with Crippen LogP contribution in [0.3, 0.4) is 0 Å². The second kappa shape index (κ2) is 5.12. The van der Waals surface area contributed by atoms with Crippen molar-refractivity contribution in [2.75, 3.05) is 13.1 Å². The van der Waals surface area contributed by atoms with Crippen LogP contribution in [-0.4, -0.2) is 46.3 Å². The lowest BCUT2D eigenvalue weighted by atomic mass is 10.2. The predicted octanol–water partition coefficient (Wildman–Crippen LogP) is 0.472. The molecule has 0 amide bonds. The number of aliphatic hydroxyl groups excluding tert-OH is 1. The lowest BCUT2D eigenvalue weighted by molar-refractivity contribution is -0.142. The van der Waals surface area contributed by atoms with Gasteiger partial charge in [0.25, 0.3) is 0 Å². The van der Waals surface area contributed by atoms with Gasteiger partial charge in [-0.1, -0.05) is 6.08 Å². The van der Waals surface area contributed by atoms with E-state index < -0.39 is 18.1 Å². The molecule has 0 radical (unpaired) electrons. The third-order valence-corrected chi connectivity index (χ3v) is 2.52. The zero-order valence-electron chi connectivity index (χ0n) is 8.22. The van der Waals surface area contributed by atoms with Crippen molar-refractivity contribution in [3.8, 4) is 0 Å². The molecule has 80 valence electrons. The quantitative estimate of drug-likeness (QED) is 0.499. The molecular weight excluding hydrogens is 182 g/mol. The Hall–Kier alpha value is -0.870. The summed E-state index contributed by atoms with van der Waals surface area (Å²) in [6, 6.07) is -0.505. The molecule has 0 aromatic heterocycles. The van der Waals surface area contributed by atoms with Crippen molar-refractivity contribution >= 4 is 5.97 Å². The van der Waals surface area contributed by atoms with Crippen molar-refractivity contribution in [3.63, 3.8) is 0 Å². The Morgan fingerprint density at radius 3 is 2.93 bits per heavy atom. The van der Waals surface area contributed by atoms with E-state index in [1.54, 1.807) is 0 Å². The van der Waals surface area contributed by atoms with Crippen LogP contribution in [0.5, 0.6) is 0 Å². The number of hydrogen-bond acceptors (Lipinski definition) is 3. The number of nitrogens with zero attached hydrogens (tertiary/aromatic N) is 1. The zero-order chi connectivity index (χ0) is 10.6. The number of aliphatic hydroxyl groups is 1. The van der Waals surface area contributed by atoms with E-state index in [0.717, 1.165) is 19.4 Å². The van der Waals surface area contributed by atoms with Crippen LogP contribution < -0.4 is 0 Å². The van der Waals surface area contributed by atoms with Gasteiger partial charge < -0.3 is 10.2 Å². The molecule has 2 N–H and O–H groups in total. The normalized spacial score (nSPS) is 27.8. The second-order valence-corrected chi connectivity index (χ2v) is 3.67. The Balaban J connectivity index is 2.41. The Labute approximate surface area is 83.8 Å². The summed E-state index contributed by atoms with van der Waals surface area (Å²) in [6.07, 6.45) is 3.48. The molecule has 0 spiro atoms. The van der Waals surface area contributed by atoms with Gasteiger partial charge in [-0.3, -0.25) is 9.69 Å². The van der Waals surface area contributed by atoms with Crippen molar-refractivity contribution in [3.05, 3.63) is 12.7 Å². The third kappa shape index (κ3) is 2.82. The molecule has 0 saturated carbocycles. The number of carboxylic acids is 1. The van der Waals surface area contributed by atoms with Gasteiger partial charge in [-0.25, -0.2) is 0 Å². The number of carboxylic acid groups (broad SMARTS) is 1. The summed E-state index contributed by atoms with van der Waals surface area (Å²) < 4.78 is 0. The summed E-state index contributed by atoms with van der Waals surface area (Å²) in [7, 11) is 0. The number of allylic oxidation sites excluding steroid dienone is 1. The fourth-order valence-corrected chi connectivity index (χ4v) is 1.82. The van der Waals surface area contributed by atoms with Crippen molar-refractivity contribution in [2.24, 2.45) is 0 Å². The molecule has 1 fully saturated rings. The Kier molecular flexibility index (Phi) is 4.10. The molecule has 1 aliphatic heterocycles. The van der Waals surface area contributed by atoms with Crippen molar-refractivity contribution in [1.29, 1.82) is 0 Å². The Morgan fingerprint density at radius 2 is 2.36 bits per heavy atom. The molecule has 0 aliphatic carbocycles. The molecular formula is C10H17NO3. The van der Waals surface area contributed by atoms with Gasteiger partial charge in [0.2, 0.25) is 0 Å². The van der Waals surface area contributed by atoms with Crippen LogP contribution >= 0.6 is 0 Å². The van der Waals surface area contributed by atoms with Crippen LogP contribution in [0.25, 0.3) is 0 Å². The van der Waals surface area contributed by atoms with Crippen LogP contribution in [0.1, 0.15) is 19.3 Å². The molecule has 2 atom stereocenters. The average molecular weight is 199 g/mol. The van der Waals surface area contributed by atoms with E-state index in [2.05, 4.69) is 6.58 Å². The number of unbranched alkanes of at least 4 members (excludes halogenated alkanes) is 1. The van der Waals surface area contributed by atoms with Crippen LogP contribution in [0.4, 0.5) is 0 Å². The van der Waals surface area contributed by atoms with Gasteiger partial charge in [-0.15, -0.1) is 6.58 Å². The molecule has 14 heavy (non-hydrogen) atoms. The number of likely N-dealkylation sites (tertiary alicyclic amines) is 1. The summed E-state index contributed by atoms with van der Waals surface area (Å²) in [5.74, 6) is -0.833. The third-order valence-electron chi connectivity index (χ3n) is 2.52. The molecule has 0 bridgehead atoms. The topological polar surface area (TPSA) is 60.8 Å².